The average Bonchev–Trinajstić information content (AvgIpc) is 2.74. The van der Waals surface area contributed by atoms with Gasteiger partial charge in [-0.2, -0.15) is 9.40 Å². The van der Waals surface area contributed by atoms with E-state index in [4.69, 9.17) is 4.74 Å². The van der Waals surface area contributed by atoms with E-state index in [1.54, 1.807) is 22.6 Å². The lowest BCUT2D eigenvalue weighted by atomic mass is 10.1. The Morgan fingerprint density at radius 3 is 2.50 bits per heavy atom. The summed E-state index contributed by atoms with van der Waals surface area (Å²) in [5.41, 5.74) is 1.13. The summed E-state index contributed by atoms with van der Waals surface area (Å²) in [6.45, 7) is 2.91. The van der Waals surface area contributed by atoms with Gasteiger partial charge in [0.2, 0.25) is 15.9 Å². The van der Waals surface area contributed by atoms with Crippen LogP contribution in [-0.2, 0) is 16.4 Å². The van der Waals surface area contributed by atoms with Crippen molar-refractivity contribution >= 4 is 20.8 Å². The van der Waals surface area contributed by atoms with Crippen molar-refractivity contribution in [3.05, 3.63) is 60.3 Å². The molecule has 0 saturated carbocycles. The van der Waals surface area contributed by atoms with Crippen LogP contribution >= 0.6 is 0 Å². The molecule has 0 aliphatic carbocycles. The minimum absolute atomic E-state index is 0.0750. The summed E-state index contributed by atoms with van der Waals surface area (Å²) in [5, 5.41) is 10.0. The first-order chi connectivity index (χ1) is 13.6. The van der Waals surface area contributed by atoms with Crippen LogP contribution in [-0.4, -0.2) is 42.1 Å². The van der Waals surface area contributed by atoms with Crippen molar-refractivity contribution < 1.29 is 13.2 Å². The van der Waals surface area contributed by atoms with Crippen LogP contribution in [0.15, 0.2) is 59.6 Å². The van der Waals surface area contributed by atoms with Crippen molar-refractivity contribution in [2.75, 3.05) is 13.1 Å². The zero-order chi connectivity index (χ0) is 19.6. The van der Waals surface area contributed by atoms with Gasteiger partial charge in [-0.3, -0.25) is 0 Å². The third-order valence-corrected chi connectivity index (χ3v) is 7.10. The van der Waals surface area contributed by atoms with Crippen LogP contribution in [0.1, 0.15) is 25.3 Å². The molecule has 4 rings (SSSR count). The fraction of sp³-hybridized carbons (Fsp3) is 0.333. The minimum atomic E-state index is -3.47. The quantitative estimate of drug-likeness (QED) is 0.660. The minimum Gasteiger partial charge on any atom is -0.473 e. The second-order valence-corrected chi connectivity index (χ2v) is 8.89. The van der Waals surface area contributed by atoms with Crippen molar-refractivity contribution in [1.82, 2.24) is 14.5 Å². The summed E-state index contributed by atoms with van der Waals surface area (Å²) in [5.74, 6) is 0.509. The SMILES string of the molecule is CCc1ccc(S(=O)(=O)N2CCC(Oc3nncc4ccccc34)CC2)cc1. The Balaban J connectivity index is 1.44. The van der Waals surface area contributed by atoms with Crippen LogP contribution in [0.3, 0.4) is 0 Å². The summed E-state index contributed by atoms with van der Waals surface area (Å²) in [6.07, 6.45) is 3.77. The molecular weight excluding hydrogens is 374 g/mol. The molecule has 0 unspecified atom stereocenters. The van der Waals surface area contributed by atoms with E-state index in [2.05, 4.69) is 17.1 Å². The van der Waals surface area contributed by atoms with Crippen LogP contribution in [0.25, 0.3) is 10.8 Å². The van der Waals surface area contributed by atoms with E-state index in [1.807, 2.05) is 36.4 Å². The maximum Gasteiger partial charge on any atom is 0.243 e. The molecule has 2 heterocycles. The van der Waals surface area contributed by atoms with E-state index in [0.29, 0.717) is 36.7 Å². The second-order valence-electron chi connectivity index (χ2n) is 6.96. The zero-order valence-corrected chi connectivity index (χ0v) is 16.6. The lowest BCUT2D eigenvalue weighted by Gasteiger charge is -2.31. The molecule has 146 valence electrons. The largest absolute Gasteiger partial charge is 0.473 e. The van der Waals surface area contributed by atoms with Gasteiger partial charge in [0.1, 0.15) is 6.10 Å². The molecule has 7 heteroatoms. The molecule has 2 aromatic carbocycles. The number of hydrogen-bond donors (Lipinski definition) is 0. The van der Waals surface area contributed by atoms with Gasteiger partial charge in [-0.1, -0.05) is 37.3 Å². The van der Waals surface area contributed by atoms with Gasteiger partial charge in [0.25, 0.3) is 0 Å². The number of hydrogen-bond acceptors (Lipinski definition) is 5. The molecule has 1 aliphatic rings. The number of ether oxygens (including phenoxy) is 1. The molecule has 6 nitrogen and oxygen atoms in total. The van der Waals surface area contributed by atoms with Crippen molar-refractivity contribution in [3.8, 4) is 5.88 Å². The fourth-order valence-electron chi connectivity index (χ4n) is 3.48. The molecule has 0 radical (unpaired) electrons. The molecule has 0 spiro atoms. The standard InChI is InChI=1S/C21H23N3O3S/c1-2-16-7-9-19(10-8-16)28(25,26)24-13-11-18(12-14-24)27-21-20-6-4-3-5-17(20)15-22-23-21/h3-10,15,18H,2,11-14H2,1H3. The molecule has 1 aromatic heterocycles. The monoisotopic (exact) mass is 397 g/mol. The van der Waals surface area contributed by atoms with Crippen LogP contribution < -0.4 is 4.74 Å². The molecule has 28 heavy (non-hydrogen) atoms. The molecule has 0 amide bonds. The summed E-state index contributed by atoms with van der Waals surface area (Å²) in [4.78, 5) is 0.351. The Bertz CT molecular complexity index is 1050. The van der Waals surface area contributed by atoms with Gasteiger partial charge in [-0.25, -0.2) is 8.42 Å². The summed E-state index contributed by atoms with van der Waals surface area (Å²) in [7, 11) is -3.47. The topological polar surface area (TPSA) is 72.4 Å². The first-order valence-corrected chi connectivity index (χ1v) is 11.0. The molecule has 3 aromatic rings. The zero-order valence-electron chi connectivity index (χ0n) is 15.8. The Morgan fingerprint density at radius 1 is 1.07 bits per heavy atom. The number of sulfonamides is 1. The third-order valence-electron chi connectivity index (χ3n) is 5.19. The van der Waals surface area contributed by atoms with E-state index >= 15 is 0 Å². The predicted octanol–water partition coefficient (Wildman–Crippen LogP) is 3.42. The predicted molar refractivity (Wildman–Crippen MR) is 108 cm³/mol. The summed E-state index contributed by atoms with van der Waals surface area (Å²) in [6, 6.07) is 15.0. The maximum atomic E-state index is 12.9. The van der Waals surface area contributed by atoms with Gasteiger partial charge in [0.15, 0.2) is 0 Å². The number of nitrogens with zero attached hydrogens (tertiary/aromatic N) is 3. The van der Waals surface area contributed by atoms with Crippen LogP contribution in [0, 0.1) is 0 Å². The third kappa shape index (κ3) is 3.72. The van der Waals surface area contributed by atoms with Crippen molar-refractivity contribution in [3.63, 3.8) is 0 Å². The Hall–Kier alpha value is -2.51. The smallest absolute Gasteiger partial charge is 0.243 e. The highest BCUT2D eigenvalue weighted by Crippen LogP contribution is 2.27. The number of piperidine rings is 1. The maximum absolute atomic E-state index is 12.9. The molecular formula is C21H23N3O3S. The van der Waals surface area contributed by atoms with Gasteiger partial charge in [0, 0.05) is 23.9 Å². The van der Waals surface area contributed by atoms with E-state index < -0.39 is 10.0 Å². The van der Waals surface area contributed by atoms with Crippen LogP contribution in [0.5, 0.6) is 5.88 Å². The van der Waals surface area contributed by atoms with Crippen LogP contribution in [0.4, 0.5) is 0 Å². The highest BCUT2D eigenvalue weighted by atomic mass is 32.2. The Morgan fingerprint density at radius 2 is 1.79 bits per heavy atom. The summed E-state index contributed by atoms with van der Waals surface area (Å²) >= 11 is 0. The van der Waals surface area contributed by atoms with Crippen LogP contribution in [0.2, 0.25) is 0 Å². The molecule has 0 atom stereocenters. The first kappa shape index (κ1) is 18.8. The first-order valence-electron chi connectivity index (χ1n) is 9.54. The second kappa shape index (κ2) is 7.85. The van der Waals surface area contributed by atoms with Gasteiger partial charge in [-0.05, 0) is 43.0 Å². The van der Waals surface area contributed by atoms with Gasteiger partial charge < -0.3 is 4.74 Å². The molecule has 1 fully saturated rings. The van der Waals surface area contributed by atoms with Gasteiger partial charge in [-0.15, -0.1) is 5.10 Å². The normalized spacial score (nSPS) is 16.3. The van der Waals surface area contributed by atoms with Gasteiger partial charge >= 0.3 is 0 Å². The highest BCUT2D eigenvalue weighted by Gasteiger charge is 2.30. The van der Waals surface area contributed by atoms with E-state index in [1.165, 1.54) is 0 Å². The average molecular weight is 398 g/mol. The molecule has 1 saturated heterocycles. The number of benzene rings is 2. The Labute approximate surface area is 165 Å². The summed E-state index contributed by atoms with van der Waals surface area (Å²) < 4.78 is 33.4. The van der Waals surface area contributed by atoms with E-state index in [0.717, 1.165) is 22.8 Å². The number of aromatic nitrogens is 2. The van der Waals surface area contributed by atoms with Crippen molar-refractivity contribution in [2.45, 2.75) is 37.2 Å². The van der Waals surface area contributed by atoms with Gasteiger partial charge in [0.05, 0.1) is 11.1 Å². The lowest BCUT2D eigenvalue weighted by molar-refractivity contribution is 0.130. The molecule has 0 N–H and O–H groups in total. The lowest BCUT2D eigenvalue weighted by Crippen LogP contribution is -2.41. The molecule has 0 bridgehead atoms. The fourth-order valence-corrected chi connectivity index (χ4v) is 4.95. The number of aryl methyl sites for hydroxylation is 1. The Kier molecular flexibility index (Phi) is 5.28. The van der Waals surface area contributed by atoms with E-state index in [9.17, 15) is 8.42 Å². The van der Waals surface area contributed by atoms with Crippen molar-refractivity contribution in [1.29, 1.82) is 0 Å². The number of rotatable bonds is 5. The van der Waals surface area contributed by atoms with E-state index in [-0.39, 0.29) is 6.10 Å². The van der Waals surface area contributed by atoms with Crippen molar-refractivity contribution in [2.24, 2.45) is 0 Å². The number of fused-ring (bicyclic) bond motifs is 1. The highest BCUT2D eigenvalue weighted by molar-refractivity contribution is 7.89. The molecule has 1 aliphatic heterocycles.